The van der Waals surface area contributed by atoms with E-state index in [0.717, 1.165) is 36.3 Å². The van der Waals surface area contributed by atoms with E-state index in [2.05, 4.69) is 21.2 Å². The zero-order chi connectivity index (χ0) is 13.8. The average Bonchev–Trinajstić information content (AvgIpc) is 2.90. The topological polar surface area (TPSA) is 41.6 Å². The van der Waals surface area contributed by atoms with Crippen molar-refractivity contribution in [1.82, 2.24) is 10.2 Å². The Balaban J connectivity index is 2.03. The number of nitrogens with zero attached hydrogens (tertiary/aromatic N) is 1. The van der Waals surface area contributed by atoms with E-state index in [-0.39, 0.29) is 5.91 Å². The van der Waals surface area contributed by atoms with Crippen molar-refractivity contribution in [1.29, 1.82) is 0 Å². The second-order valence-corrected chi connectivity index (χ2v) is 5.75. The van der Waals surface area contributed by atoms with E-state index in [0.29, 0.717) is 11.5 Å². The fourth-order valence-electron chi connectivity index (χ4n) is 2.36. The van der Waals surface area contributed by atoms with Crippen LogP contribution in [0.1, 0.15) is 16.8 Å². The number of nitrogens with one attached hydrogen (secondary N) is 1. The molecule has 1 N–H and O–H groups in total. The third-order valence-corrected chi connectivity index (χ3v) is 4.06. The van der Waals surface area contributed by atoms with Gasteiger partial charge >= 0.3 is 0 Å². The molecular weight excluding hydrogens is 308 g/mol. The number of rotatable bonds is 4. The molecule has 1 aliphatic heterocycles. The molecule has 1 atom stereocenters. The van der Waals surface area contributed by atoms with E-state index in [1.54, 1.807) is 18.1 Å². The second-order valence-electron chi connectivity index (χ2n) is 4.89. The van der Waals surface area contributed by atoms with E-state index < -0.39 is 0 Å². The van der Waals surface area contributed by atoms with Gasteiger partial charge in [-0.15, -0.1) is 0 Å². The Bertz CT molecular complexity index is 459. The maximum absolute atomic E-state index is 12.3. The molecule has 5 heteroatoms. The molecule has 104 valence electrons. The molecule has 1 saturated heterocycles. The van der Waals surface area contributed by atoms with E-state index in [9.17, 15) is 4.79 Å². The highest BCUT2D eigenvalue weighted by Gasteiger charge is 2.20. The Kier molecular flexibility index (Phi) is 4.82. The minimum Gasteiger partial charge on any atom is -0.496 e. The van der Waals surface area contributed by atoms with Gasteiger partial charge in [0.15, 0.2) is 0 Å². The zero-order valence-electron chi connectivity index (χ0n) is 11.3. The lowest BCUT2D eigenvalue weighted by atomic mass is 10.1. The Morgan fingerprint density at radius 3 is 2.95 bits per heavy atom. The van der Waals surface area contributed by atoms with Gasteiger partial charge in [-0.3, -0.25) is 4.79 Å². The highest BCUT2D eigenvalue weighted by Crippen LogP contribution is 2.26. The summed E-state index contributed by atoms with van der Waals surface area (Å²) in [7, 11) is 3.47. The van der Waals surface area contributed by atoms with Crippen LogP contribution in [0.2, 0.25) is 0 Å². The van der Waals surface area contributed by atoms with Gasteiger partial charge in [0.1, 0.15) is 5.75 Å². The van der Waals surface area contributed by atoms with Crippen LogP contribution in [0, 0.1) is 5.92 Å². The largest absolute Gasteiger partial charge is 0.496 e. The highest BCUT2D eigenvalue weighted by molar-refractivity contribution is 9.10. The molecule has 1 amide bonds. The SMILES string of the molecule is COc1ccc(C(=O)N(C)CC2CCNC2)cc1Br. The van der Waals surface area contributed by atoms with Gasteiger partial charge in [-0.05, 0) is 59.6 Å². The third kappa shape index (κ3) is 3.48. The summed E-state index contributed by atoms with van der Waals surface area (Å²) >= 11 is 3.41. The Morgan fingerprint density at radius 1 is 1.58 bits per heavy atom. The first-order valence-corrected chi connectivity index (χ1v) is 7.21. The van der Waals surface area contributed by atoms with Gasteiger partial charge in [-0.1, -0.05) is 0 Å². The molecule has 0 saturated carbocycles. The first-order chi connectivity index (χ1) is 9.11. The van der Waals surface area contributed by atoms with Crippen LogP contribution in [-0.4, -0.2) is 44.6 Å². The first-order valence-electron chi connectivity index (χ1n) is 6.41. The number of amides is 1. The predicted molar refractivity (Wildman–Crippen MR) is 78.6 cm³/mol. The van der Waals surface area contributed by atoms with Crippen LogP contribution in [0.15, 0.2) is 22.7 Å². The molecular formula is C14H19BrN2O2. The monoisotopic (exact) mass is 326 g/mol. The zero-order valence-corrected chi connectivity index (χ0v) is 12.9. The van der Waals surface area contributed by atoms with Crippen LogP contribution in [0.5, 0.6) is 5.75 Å². The summed E-state index contributed by atoms with van der Waals surface area (Å²) in [5.74, 6) is 1.35. The van der Waals surface area contributed by atoms with Crippen LogP contribution in [0.25, 0.3) is 0 Å². The number of hydrogen-bond acceptors (Lipinski definition) is 3. The Labute approximate surface area is 122 Å². The maximum Gasteiger partial charge on any atom is 0.253 e. The lowest BCUT2D eigenvalue weighted by Crippen LogP contribution is -2.32. The van der Waals surface area contributed by atoms with Crippen LogP contribution < -0.4 is 10.1 Å². The standard InChI is InChI=1S/C14H19BrN2O2/c1-17(9-10-5-6-16-8-10)14(18)11-3-4-13(19-2)12(15)7-11/h3-4,7,10,16H,5-6,8-9H2,1-2H3. The van der Waals surface area contributed by atoms with Gasteiger partial charge in [0.05, 0.1) is 11.6 Å². The minimum atomic E-state index is 0.0512. The third-order valence-electron chi connectivity index (χ3n) is 3.44. The van der Waals surface area contributed by atoms with Gasteiger partial charge in [0, 0.05) is 19.2 Å². The molecule has 1 unspecified atom stereocenters. The number of benzene rings is 1. The molecule has 2 rings (SSSR count). The van der Waals surface area contributed by atoms with Crippen molar-refractivity contribution in [3.8, 4) is 5.75 Å². The van der Waals surface area contributed by atoms with Crippen molar-refractivity contribution in [2.75, 3.05) is 33.8 Å². The van der Waals surface area contributed by atoms with Crippen molar-refractivity contribution in [3.63, 3.8) is 0 Å². The molecule has 1 heterocycles. The van der Waals surface area contributed by atoms with Crippen LogP contribution in [0.4, 0.5) is 0 Å². The second kappa shape index (κ2) is 6.39. The smallest absolute Gasteiger partial charge is 0.253 e. The number of carbonyl (C=O) groups is 1. The van der Waals surface area contributed by atoms with Gasteiger partial charge in [-0.2, -0.15) is 0 Å². The highest BCUT2D eigenvalue weighted by atomic mass is 79.9. The van der Waals surface area contributed by atoms with Crippen LogP contribution in [0.3, 0.4) is 0 Å². The van der Waals surface area contributed by atoms with Crippen molar-refractivity contribution in [3.05, 3.63) is 28.2 Å². The van der Waals surface area contributed by atoms with E-state index in [1.165, 1.54) is 0 Å². The summed E-state index contributed by atoms with van der Waals surface area (Å²) in [5, 5.41) is 3.32. The molecule has 1 fully saturated rings. The summed E-state index contributed by atoms with van der Waals surface area (Å²) in [6.45, 7) is 2.86. The van der Waals surface area contributed by atoms with Crippen molar-refractivity contribution in [2.45, 2.75) is 6.42 Å². The van der Waals surface area contributed by atoms with Crippen molar-refractivity contribution in [2.24, 2.45) is 5.92 Å². The fourth-order valence-corrected chi connectivity index (χ4v) is 2.90. The average molecular weight is 327 g/mol. The van der Waals surface area contributed by atoms with Gasteiger partial charge in [0.25, 0.3) is 5.91 Å². The normalized spacial score (nSPS) is 18.4. The number of methoxy groups -OCH3 is 1. The van der Waals surface area contributed by atoms with E-state index in [4.69, 9.17) is 4.74 Å². The molecule has 0 radical (unpaired) electrons. The van der Waals surface area contributed by atoms with Crippen molar-refractivity contribution >= 4 is 21.8 Å². The summed E-state index contributed by atoms with van der Waals surface area (Å²) < 4.78 is 5.97. The molecule has 0 aliphatic carbocycles. The van der Waals surface area contributed by atoms with Crippen molar-refractivity contribution < 1.29 is 9.53 Å². The lowest BCUT2D eigenvalue weighted by Gasteiger charge is -2.21. The summed E-state index contributed by atoms with van der Waals surface area (Å²) in [5.41, 5.74) is 0.682. The predicted octanol–water partition coefficient (Wildman–Crippen LogP) is 2.14. The number of ether oxygens (including phenoxy) is 1. The molecule has 1 aromatic carbocycles. The summed E-state index contributed by atoms with van der Waals surface area (Å²) in [6, 6.07) is 5.42. The molecule has 19 heavy (non-hydrogen) atoms. The first kappa shape index (κ1) is 14.3. The van der Waals surface area contributed by atoms with Gasteiger partial charge in [0.2, 0.25) is 0 Å². The Hall–Kier alpha value is -1.07. The number of carbonyl (C=O) groups excluding carboxylic acids is 1. The van der Waals surface area contributed by atoms with Crippen LogP contribution >= 0.6 is 15.9 Å². The van der Waals surface area contributed by atoms with E-state index in [1.807, 2.05) is 19.2 Å². The van der Waals surface area contributed by atoms with E-state index >= 15 is 0 Å². The van der Waals surface area contributed by atoms with Gasteiger partial charge < -0.3 is 15.0 Å². The molecule has 0 bridgehead atoms. The quantitative estimate of drug-likeness (QED) is 0.921. The fraction of sp³-hybridized carbons (Fsp3) is 0.500. The molecule has 4 nitrogen and oxygen atoms in total. The number of halogens is 1. The molecule has 1 aromatic rings. The molecule has 0 spiro atoms. The lowest BCUT2D eigenvalue weighted by molar-refractivity contribution is 0.0776. The summed E-state index contributed by atoms with van der Waals surface area (Å²) in [6.07, 6.45) is 1.14. The molecule has 1 aliphatic rings. The van der Waals surface area contributed by atoms with Gasteiger partial charge in [-0.25, -0.2) is 0 Å². The maximum atomic E-state index is 12.3. The minimum absolute atomic E-state index is 0.0512. The Morgan fingerprint density at radius 2 is 2.37 bits per heavy atom. The van der Waals surface area contributed by atoms with Crippen LogP contribution in [-0.2, 0) is 0 Å². The number of hydrogen-bond donors (Lipinski definition) is 1. The summed E-state index contributed by atoms with van der Waals surface area (Å²) in [4.78, 5) is 14.1. The molecule has 0 aromatic heterocycles.